The number of rotatable bonds is 11. The fraction of sp³-hybridized carbons (Fsp3) is 0.532. The lowest BCUT2D eigenvalue weighted by atomic mass is 9.78. The molecule has 0 spiro atoms. The molecule has 5 aromatic rings. The van der Waals surface area contributed by atoms with Gasteiger partial charge in [0.1, 0.15) is 42.0 Å². The smallest absolute Gasteiger partial charge is 0.350 e. The predicted molar refractivity (Wildman–Crippen MR) is 234 cm³/mol. The van der Waals surface area contributed by atoms with Gasteiger partial charge in [-0.2, -0.15) is 10.2 Å². The number of nitrogens with zero attached hydrogens (tertiary/aromatic N) is 8. The van der Waals surface area contributed by atoms with E-state index in [4.69, 9.17) is 10.8 Å². The molecule has 14 heteroatoms. The molecule has 12 nitrogen and oxygen atoms in total. The van der Waals surface area contributed by atoms with Crippen LogP contribution >= 0.6 is 0 Å². The minimum absolute atomic E-state index is 0.0707. The van der Waals surface area contributed by atoms with Gasteiger partial charge < -0.3 is 24.4 Å². The molecule has 0 aliphatic carbocycles. The third-order valence-electron chi connectivity index (χ3n) is 12.9. The van der Waals surface area contributed by atoms with Gasteiger partial charge in [0.25, 0.3) is 0 Å². The van der Waals surface area contributed by atoms with E-state index in [9.17, 15) is 17.0 Å². The normalized spacial score (nSPS) is 22.9. The van der Waals surface area contributed by atoms with Crippen LogP contribution in [-0.2, 0) is 10.3 Å². The molecule has 328 valence electrons. The molecule has 2 unspecified atom stereocenters. The van der Waals surface area contributed by atoms with Crippen LogP contribution in [-0.4, -0.2) is 78.2 Å². The molecule has 0 amide bonds. The van der Waals surface area contributed by atoms with Crippen molar-refractivity contribution >= 4 is 11.4 Å². The topological polar surface area (TPSA) is 116 Å². The van der Waals surface area contributed by atoms with Crippen LogP contribution in [0, 0.1) is 50.7 Å². The average molecular weight is 844 g/mol. The Balaban J connectivity index is 1.09. The number of ether oxygens (including phenoxy) is 2. The summed E-state index contributed by atoms with van der Waals surface area (Å²) in [6.45, 7) is 23.9. The van der Waals surface area contributed by atoms with Crippen molar-refractivity contribution in [2.45, 2.75) is 125 Å². The van der Waals surface area contributed by atoms with E-state index in [1.165, 1.54) is 21.9 Å². The molecule has 3 aromatic carbocycles. The number of aryl methyl sites for hydroxylation is 1. The maximum atomic E-state index is 15.9. The van der Waals surface area contributed by atoms with Crippen molar-refractivity contribution in [2.24, 2.45) is 11.3 Å². The molecule has 2 aromatic heterocycles. The molecule has 2 aliphatic rings. The molecule has 0 bridgehead atoms. The Kier molecular flexibility index (Phi) is 10.7. The van der Waals surface area contributed by atoms with Crippen molar-refractivity contribution in [2.75, 3.05) is 36.0 Å². The highest BCUT2D eigenvalue weighted by Gasteiger charge is 2.53. The van der Waals surface area contributed by atoms with Crippen LogP contribution < -0.4 is 20.2 Å². The second-order valence-corrected chi connectivity index (χ2v) is 18.8. The van der Waals surface area contributed by atoms with Crippen molar-refractivity contribution in [1.29, 1.82) is 0 Å². The first-order valence-electron chi connectivity index (χ1n) is 22.6. The summed E-state index contributed by atoms with van der Waals surface area (Å²) < 4.78 is 75.8. The zero-order valence-corrected chi connectivity index (χ0v) is 37.5. The van der Waals surface area contributed by atoms with Crippen LogP contribution in [0.4, 0.5) is 20.2 Å². The number of hydrogen-bond donors (Lipinski definition) is 1. The number of halogens is 2. The summed E-state index contributed by atoms with van der Waals surface area (Å²) in [5.41, 5.74) is 1.26. The van der Waals surface area contributed by atoms with Gasteiger partial charge in [-0.25, -0.2) is 32.5 Å². The van der Waals surface area contributed by atoms with E-state index in [2.05, 4.69) is 20.1 Å². The maximum absolute atomic E-state index is 15.9. The van der Waals surface area contributed by atoms with Crippen molar-refractivity contribution in [1.82, 2.24) is 29.1 Å². The van der Waals surface area contributed by atoms with E-state index >= 15 is 4.39 Å². The summed E-state index contributed by atoms with van der Waals surface area (Å²) in [4.78, 5) is 22.1. The third-order valence-corrected chi connectivity index (χ3v) is 12.9. The standard InChI is InChI=1S/C47H62F2N8O4/c1-28-19-37(55-27-52-57(44(55)58)43(45(8,9)10)46(11,12)59)13-15-40(28)53-17-18-54(30(3)23-53)36-14-16-41(29(2)20-36)60-24-35-22-47(61-33(35)6,34(7)56-26-50-25-51-56)42-32(5)31(4)38(48)21-39(42)49/h13-16,19-21,25-27,30,33-35,43,59H,17-18,22-24H2,1-12H3/t30?,33?,34-,35+,43-,47-/m0/s1/i14D,16D,20D. The molecular formula is C47H62F2N8O4. The second kappa shape index (κ2) is 16.3. The lowest BCUT2D eigenvalue weighted by Gasteiger charge is -2.43. The van der Waals surface area contributed by atoms with Crippen molar-refractivity contribution < 1.29 is 27.5 Å². The second-order valence-electron chi connectivity index (χ2n) is 18.8. The lowest BCUT2D eigenvalue weighted by Crippen LogP contribution is -2.52. The number of aromatic nitrogens is 6. The molecule has 2 fully saturated rings. The molecule has 6 atom stereocenters. The van der Waals surface area contributed by atoms with Crippen LogP contribution in [0.25, 0.3) is 5.69 Å². The van der Waals surface area contributed by atoms with Crippen molar-refractivity contribution in [3.63, 3.8) is 0 Å². The zero-order chi connectivity index (χ0) is 47.0. The van der Waals surface area contributed by atoms with Gasteiger partial charge in [0.15, 0.2) is 0 Å². The van der Waals surface area contributed by atoms with Crippen LogP contribution in [0.5, 0.6) is 5.75 Å². The Morgan fingerprint density at radius 1 is 0.984 bits per heavy atom. The fourth-order valence-electron chi connectivity index (χ4n) is 9.86. The number of hydrogen-bond acceptors (Lipinski definition) is 9. The molecule has 2 saturated heterocycles. The molecule has 0 saturated carbocycles. The highest BCUT2D eigenvalue weighted by atomic mass is 19.1. The first kappa shape index (κ1) is 40.0. The number of benzene rings is 3. The van der Waals surface area contributed by atoms with E-state index in [0.29, 0.717) is 47.7 Å². The molecule has 61 heavy (non-hydrogen) atoms. The number of piperazine rings is 1. The van der Waals surface area contributed by atoms with Gasteiger partial charge in [-0.3, -0.25) is 0 Å². The maximum Gasteiger partial charge on any atom is 0.350 e. The highest BCUT2D eigenvalue weighted by Crippen LogP contribution is 2.52. The van der Waals surface area contributed by atoms with Gasteiger partial charge in [0.2, 0.25) is 0 Å². The Hall–Kier alpha value is -5.08. The lowest BCUT2D eigenvalue weighted by molar-refractivity contribution is -0.0787. The van der Waals surface area contributed by atoms with Gasteiger partial charge in [-0.15, -0.1) is 0 Å². The zero-order valence-electron chi connectivity index (χ0n) is 40.5. The van der Waals surface area contributed by atoms with E-state index in [0.717, 1.165) is 17.3 Å². The quantitative estimate of drug-likeness (QED) is 0.141. The van der Waals surface area contributed by atoms with Crippen LogP contribution in [0.3, 0.4) is 0 Å². The Labute approximate surface area is 362 Å². The minimum Gasteiger partial charge on any atom is -0.493 e. The summed E-state index contributed by atoms with van der Waals surface area (Å²) in [5, 5.41) is 19.7. The largest absolute Gasteiger partial charge is 0.493 e. The highest BCUT2D eigenvalue weighted by molar-refractivity contribution is 5.60. The average Bonchev–Trinajstić information content (AvgIpc) is 3.96. The number of anilines is 2. The molecule has 7 rings (SSSR count). The molecular weight excluding hydrogens is 779 g/mol. The van der Waals surface area contributed by atoms with Crippen LogP contribution in [0.2, 0.25) is 0 Å². The Bertz CT molecular complexity index is 2560. The Morgan fingerprint density at radius 3 is 2.36 bits per heavy atom. The summed E-state index contributed by atoms with van der Waals surface area (Å²) >= 11 is 0. The molecule has 1 N–H and O–H groups in total. The van der Waals surface area contributed by atoms with Crippen molar-refractivity contribution in [3.8, 4) is 11.4 Å². The van der Waals surface area contributed by atoms with E-state index in [-0.39, 0.29) is 60.1 Å². The summed E-state index contributed by atoms with van der Waals surface area (Å²) in [6, 6.07) is 5.41. The third kappa shape index (κ3) is 8.20. The first-order chi connectivity index (χ1) is 29.9. The van der Waals surface area contributed by atoms with E-state index < -0.39 is 46.4 Å². The molecule has 0 radical (unpaired) electrons. The number of aliphatic hydroxyl groups is 1. The predicted octanol–water partition coefficient (Wildman–Crippen LogP) is 8.17. The van der Waals surface area contributed by atoms with E-state index in [1.54, 1.807) is 45.6 Å². The minimum atomic E-state index is -1.26. The van der Waals surface area contributed by atoms with Crippen LogP contribution in [0.15, 0.2) is 66.2 Å². The SMILES string of the molecule is [2H]c1c([2H])c(N2CCN(c3ccc(-n4cnn([C@@H](C(C)(C)C)C(C)(C)O)c4=O)cc3C)CC2C)c([2H])c(C)c1OC[C@H]1C[C@@](c2c(F)cc(F)c(C)c2C)([C@H](C)n2cncn2)OC1C. The molecule has 2 aliphatic heterocycles. The van der Waals surface area contributed by atoms with Gasteiger partial charge in [0, 0.05) is 54.6 Å². The summed E-state index contributed by atoms with van der Waals surface area (Å²) in [6.07, 6.45) is 4.28. The van der Waals surface area contributed by atoms with Gasteiger partial charge in [0.05, 0.1) is 40.2 Å². The molecule has 4 heterocycles. The first-order valence-corrected chi connectivity index (χ1v) is 21.1. The fourth-order valence-corrected chi connectivity index (χ4v) is 9.86. The summed E-state index contributed by atoms with van der Waals surface area (Å²) in [7, 11) is 0. The van der Waals surface area contributed by atoms with Crippen LogP contribution in [0.1, 0.15) is 106 Å². The van der Waals surface area contributed by atoms with Gasteiger partial charge >= 0.3 is 5.69 Å². The monoisotopic (exact) mass is 844 g/mol. The summed E-state index contributed by atoms with van der Waals surface area (Å²) in [5.74, 6) is -1.50. The van der Waals surface area contributed by atoms with Crippen molar-refractivity contribution in [3.05, 3.63) is 111 Å². The van der Waals surface area contributed by atoms with Gasteiger partial charge in [-0.1, -0.05) is 20.8 Å². The van der Waals surface area contributed by atoms with E-state index in [1.807, 2.05) is 71.6 Å². The Morgan fingerprint density at radius 2 is 1.72 bits per heavy atom. The van der Waals surface area contributed by atoms with Gasteiger partial charge in [-0.05, 0) is 133 Å².